The van der Waals surface area contributed by atoms with Crippen molar-refractivity contribution in [3.8, 4) is 5.75 Å². The molecule has 1 aliphatic carbocycles. The Hall–Kier alpha value is -0.610. The molecule has 19 heavy (non-hydrogen) atoms. The van der Waals surface area contributed by atoms with Crippen LogP contribution in [-0.4, -0.2) is 19.2 Å². The highest BCUT2D eigenvalue weighted by molar-refractivity contribution is 9.10. The molecule has 1 N–H and O–H groups in total. The molecule has 0 spiro atoms. The number of hydrogen-bond donors (Lipinski definition) is 1. The normalized spacial score (nSPS) is 23.3. The summed E-state index contributed by atoms with van der Waals surface area (Å²) in [5.41, 5.74) is 0. The van der Waals surface area contributed by atoms with E-state index in [0.29, 0.717) is 22.9 Å². The second kappa shape index (κ2) is 7.25. The molecule has 2 nitrogen and oxygen atoms in total. The Morgan fingerprint density at radius 3 is 2.89 bits per heavy atom. The summed E-state index contributed by atoms with van der Waals surface area (Å²) in [5.74, 6) is 1.19. The minimum Gasteiger partial charge on any atom is -0.491 e. The van der Waals surface area contributed by atoms with Crippen molar-refractivity contribution in [2.75, 3.05) is 13.2 Å². The van der Waals surface area contributed by atoms with E-state index < -0.39 is 0 Å². The first-order valence-electron chi connectivity index (χ1n) is 6.98. The molecule has 2 atom stereocenters. The van der Waals surface area contributed by atoms with Crippen LogP contribution < -0.4 is 10.1 Å². The second-order valence-corrected chi connectivity index (χ2v) is 6.10. The van der Waals surface area contributed by atoms with E-state index in [1.54, 1.807) is 6.07 Å². The summed E-state index contributed by atoms with van der Waals surface area (Å²) in [7, 11) is 0. The molecule has 2 unspecified atom stereocenters. The number of rotatable bonds is 5. The first-order chi connectivity index (χ1) is 9.16. The van der Waals surface area contributed by atoms with Crippen molar-refractivity contribution in [1.29, 1.82) is 0 Å². The van der Waals surface area contributed by atoms with E-state index >= 15 is 0 Å². The van der Waals surface area contributed by atoms with E-state index in [1.807, 2.05) is 0 Å². The first-order valence-corrected chi connectivity index (χ1v) is 7.77. The van der Waals surface area contributed by atoms with Crippen molar-refractivity contribution in [3.63, 3.8) is 0 Å². The lowest BCUT2D eigenvalue weighted by atomic mass is 9.86. The third-order valence-corrected chi connectivity index (χ3v) is 4.39. The summed E-state index contributed by atoms with van der Waals surface area (Å²) in [6.45, 7) is 3.75. The van der Waals surface area contributed by atoms with Gasteiger partial charge in [-0.3, -0.25) is 0 Å². The van der Waals surface area contributed by atoms with Gasteiger partial charge < -0.3 is 10.1 Å². The van der Waals surface area contributed by atoms with E-state index in [1.165, 1.54) is 37.8 Å². The van der Waals surface area contributed by atoms with E-state index in [-0.39, 0.29) is 5.82 Å². The van der Waals surface area contributed by atoms with Crippen LogP contribution in [0.5, 0.6) is 5.75 Å². The van der Waals surface area contributed by atoms with Gasteiger partial charge in [0.15, 0.2) is 0 Å². The van der Waals surface area contributed by atoms with Crippen LogP contribution in [0.4, 0.5) is 4.39 Å². The lowest BCUT2D eigenvalue weighted by molar-refractivity contribution is 0.250. The van der Waals surface area contributed by atoms with Gasteiger partial charge in [0.05, 0.1) is 4.47 Å². The predicted molar refractivity (Wildman–Crippen MR) is 79.0 cm³/mol. The second-order valence-electron chi connectivity index (χ2n) is 5.25. The molecule has 0 bridgehead atoms. The maximum atomic E-state index is 12.9. The highest BCUT2D eigenvalue weighted by Gasteiger charge is 2.20. The van der Waals surface area contributed by atoms with Gasteiger partial charge in [0.25, 0.3) is 0 Å². The van der Waals surface area contributed by atoms with E-state index in [0.717, 1.165) is 12.5 Å². The molecule has 0 amide bonds. The van der Waals surface area contributed by atoms with Gasteiger partial charge in [-0.15, -0.1) is 0 Å². The fourth-order valence-corrected chi connectivity index (χ4v) is 3.08. The van der Waals surface area contributed by atoms with Gasteiger partial charge >= 0.3 is 0 Å². The zero-order valence-corrected chi connectivity index (χ0v) is 12.9. The standard InChI is InChI=1S/C15H21BrFNO/c1-11-4-2-3-5-14(11)18-8-9-19-15-7-6-12(17)10-13(15)16/h6-7,10-11,14,18H,2-5,8-9H2,1H3. The number of nitrogens with one attached hydrogen (secondary N) is 1. The van der Waals surface area contributed by atoms with Gasteiger partial charge in [0.2, 0.25) is 0 Å². The zero-order valence-electron chi connectivity index (χ0n) is 11.3. The van der Waals surface area contributed by atoms with E-state index in [9.17, 15) is 4.39 Å². The number of ether oxygens (including phenoxy) is 1. The summed E-state index contributed by atoms with van der Waals surface area (Å²) < 4.78 is 19.2. The van der Waals surface area contributed by atoms with Crippen LogP contribution in [0.25, 0.3) is 0 Å². The van der Waals surface area contributed by atoms with Crippen LogP contribution in [-0.2, 0) is 0 Å². The smallest absolute Gasteiger partial charge is 0.133 e. The topological polar surface area (TPSA) is 21.3 Å². The largest absolute Gasteiger partial charge is 0.491 e. The minimum absolute atomic E-state index is 0.256. The average Bonchev–Trinajstić information content (AvgIpc) is 2.38. The van der Waals surface area contributed by atoms with Gasteiger partial charge in [-0.2, -0.15) is 0 Å². The van der Waals surface area contributed by atoms with Crippen molar-refractivity contribution in [1.82, 2.24) is 5.32 Å². The molecule has 1 aliphatic rings. The van der Waals surface area contributed by atoms with Gasteiger partial charge in [-0.05, 0) is 52.9 Å². The van der Waals surface area contributed by atoms with E-state index in [2.05, 4.69) is 28.2 Å². The number of benzene rings is 1. The molecule has 0 radical (unpaired) electrons. The molecule has 1 saturated carbocycles. The van der Waals surface area contributed by atoms with Gasteiger partial charge in [-0.25, -0.2) is 4.39 Å². The molecule has 0 saturated heterocycles. The molecule has 1 fully saturated rings. The first kappa shape index (κ1) is 14.8. The van der Waals surface area contributed by atoms with Crippen molar-refractivity contribution < 1.29 is 9.13 Å². The summed E-state index contributed by atoms with van der Waals surface area (Å²) in [4.78, 5) is 0. The average molecular weight is 330 g/mol. The van der Waals surface area contributed by atoms with Crippen LogP contribution in [0.3, 0.4) is 0 Å². The fraction of sp³-hybridized carbons (Fsp3) is 0.600. The van der Waals surface area contributed by atoms with Gasteiger partial charge in [0.1, 0.15) is 18.2 Å². The highest BCUT2D eigenvalue weighted by atomic mass is 79.9. The monoisotopic (exact) mass is 329 g/mol. The Morgan fingerprint density at radius 1 is 1.37 bits per heavy atom. The molecular weight excluding hydrogens is 309 g/mol. The third-order valence-electron chi connectivity index (χ3n) is 3.77. The zero-order chi connectivity index (χ0) is 13.7. The molecule has 0 aliphatic heterocycles. The Balaban J connectivity index is 1.71. The summed E-state index contributed by atoms with van der Waals surface area (Å²) in [6, 6.07) is 5.11. The summed E-state index contributed by atoms with van der Waals surface area (Å²) >= 11 is 3.30. The Bertz CT molecular complexity index is 413. The Kier molecular flexibility index (Phi) is 5.64. The SMILES string of the molecule is CC1CCCCC1NCCOc1ccc(F)cc1Br. The summed E-state index contributed by atoms with van der Waals surface area (Å²) in [6.07, 6.45) is 5.27. The molecule has 106 valence electrons. The molecule has 1 aromatic rings. The van der Waals surface area contributed by atoms with Crippen molar-refractivity contribution >= 4 is 15.9 Å². The van der Waals surface area contributed by atoms with Gasteiger partial charge in [-0.1, -0.05) is 19.8 Å². The third kappa shape index (κ3) is 4.46. The van der Waals surface area contributed by atoms with Crippen LogP contribution in [0.1, 0.15) is 32.6 Å². The van der Waals surface area contributed by atoms with Gasteiger partial charge in [0, 0.05) is 12.6 Å². The lowest BCUT2D eigenvalue weighted by Crippen LogP contribution is -2.39. The Labute approximate surface area is 122 Å². The Morgan fingerprint density at radius 2 is 2.16 bits per heavy atom. The lowest BCUT2D eigenvalue weighted by Gasteiger charge is -2.29. The quantitative estimate of drug-likeness (QED) is 0.820. The van der Waals surface area contributed by atoms with Crippen LogP contribution in [0.15, 0.2) is 22.7 Å². The van der Waals surface area contributed by atoms with Crippen LogP contribution in [0.2, 0.25) is 0 Å². The maximum Gasteiger partial charge on any atom is 0.133 e. The number of hydrogen-bond acceptors (Lipinski definition) is 2. The van der Waals surface area contributed by atoms with E-state index in [4.69, 9.17) is 4.74 Å². The predicted octanol–water partition coefficient (Wildman–Crippen LogP) is 4.14. The number of halogens is 2. The summed E-state index contributed by atoms with van der Waals surface area (Å²) in [5, 5.41) is 3.56. The molecule has 0 aromatic heterocycles. The maximum absolute atomic E-state index is 12.9. The van der Waals surface area contributed by atoms with Crippen LogP contribution in [0, 0.1) is 11.7 Å². The van der Waals surface area contributed by atoms with Crippen LogP contribution >= 0.6 is 15.9 Å². The fourth-order valence-electron chi connectivity index (χ4n) is 2.62. The van der Waals surface area contributed by atoms with Crippen molar-refractivity contribution in [2.45, 2.75) is 38.6 Å². The molecule has 1 aromatic carbocycles. The minimum atomic E-state index is -0.256. The molecule has 0 heterocycles. The highest BCUT2D eigenvalue weighted by Crippen LogP contribution is 2.25. The molecule has 4 heteroatoms. The molecule has 2 rings (SSSR count). The molecular formula is C15H21BrFNO. The van der Waals surface area contributed by atoms with Crippen molar-refractivity contribution in [2.24, 2.45) is 5.92 Å². The van der Waals surface area contributed by atoms with Crippen molar-refractivity contribution in [3.05, 3.63) is 28.5 Å².